The number of unbranched alkanes of at least 4 members (excludes halogenated alkanes) is 2. The van der Waals surface area contributed by atoms with Gasteiger partial charge in [0.25, 0.3) is 0 Å². The normalized spacial score (nSPS) is 10.9. The van der Waals surface area contributed by atoms with Crippen molar-refractivity contribution in [3.05, 3.63) is 17.4 Å². The van der Waals surface area contributed by atoms with Crippen LogP contribution in [0.5, 0.6) is 0 Å². The topological polar surface area (TPSA) is 12.9 Å². The van der Waals surface area contributed by atoms with Gasteiger partial charge >= 0.3 is 0 Å². The van der Waals surface area contributed by atoms with Crippen LogP contribution in [0.15, 0.2) is 12.0 Å². The van der Waals surface area contributed by atoms with Crippen molar-refractivity contribution in [1.29, 1.82) is 0 Å². The number of aromatic nitrogens is 1. The standard InChI is InChI=1S/C8H14NP/c1-2-3-4-5-8-9-6-7-10-8/h6-7,10H,2-5H2,1H3. The molecule has 10 heavy (non-hydrogen) atoms. The molecular weight excluding hydrogens is 141 g/mol. The molecule has 1 atom stereocenters. The second kappa shape index (κ2) is 4.51. The predicted octanol–water partition coefficient (Wildman–Crippen LogP) is 2.85. The maximum atomic E-state index is 4.26. The van der Waals surface area contributed by atoms with E-state index in [0.717, 1.165) is 8.19 Å². The number of aryl methyl sites for hydroxylation is 1. The molecule has 1 heterocycles. The maximum Gasteiger partial charge on any atom is 0.0561 e. The predicted molar refractivity (Wildman–Crippen MR) is 47.0 cm³/mol. The van der Waals surface area contributed by atoms with Gasteiger partial charge in [-0.1, -0.05) is 19.8 Å². The highest BCUT2D eigenvalue weighted by Crippen LogP contribution is 2.13. The molecular formula is C8H14NP. The molecule has 0 radical (unpaired) electrons. The monoisotopic (exact) mass is 155 g/mol. The average Bonchev–Trinajstić information content (AvgIpc) is 2.41. The fourth-order valence-corrected chi connectivity index (χ4v) is 1.79. The van der Waals surface area contributed by atoms with E-state index in [4.69, 9.17) is 0 Å². The SMILES string of the molecule is CCCCCc1ncc[pH]1. The number of rotatable bonds is 4. The lowest BCUT2D eigenvalue weighted by Gasteiger charge is -1.93. The summed E-state index contributed by atoms with van der Waals surface area (Å²) in [6.07, 6.45) is 7.14. The van der Waals surface area contributed by atoms with Crippen LogP contribution in [0, 0.1) is 0 Å². The molecule has 2 heteroatoms. The maximum absolute atomic E-state index is 4.26. The van der Waals surface area contributed by atoms with Crippen molar-refractivity contribution in [3.8, 4) is 0 Å². The third kappa shape index (κ3) is 2.53. The van der Waals surface area contributed by atoms with E-state index >= 15 is 0 Å². The minimum absolute atomic E-state index is 0.880. The van der Waals surface area contributed by atoms with E-state index in [1.807, 2.05) is 6.20 Å². The zero-order valence-corrected chi connectivity index (χ0v) is 7.43. The molecule has 0 N–H and O–H groups in total. The minimum atomic E-state index is 0.880. The summed E-state index contributed by atoms with van der Waals surface area (Å²) in [5.41, 5.74) is 1.40. The molecule has 0 spiro atoms. The van der Waals surface area contributed by atoms with Crippen LogP contribution in [-0.2, 0) is 6.42 Å². The van der Waals surface area contributed by atoms with Crippen LogP contribution in [0.25, 0.3) is 0 Å². The quantitative estimate of drug-likeness (QED) is 0.609. The van der Waals surface area contributed by atoms with Gasteiger partial charge in [0, 0.05) is 6.20 Å². The van der Waals surface area contributed by atoms with E-state index in [1.165, 1.54) is 31.1 Å². The molecule has 0 amide bonds. The molecule has 1 nitrogen and oxygen atoms in total. The summed E-state index contributed by atoms with van der Waals surface area (Å²) in [6.45, 7) is 2.23. The summed E-state index contributed by atoms with van der Waals surface area (Å²) in [6, 6.07) is 0. The molecule has 1 aromatic rings. The van der Waals surface area contributed by atoms with Gasteiger partial charge in [-0.15, -0.1) is 8.19 Å². The molecule has 1 unspecified atom stereocenters. The Morgan fingerprint density at radius 1 is 1.50 bits per heavy atom. The zero-order valence-electron chi connectivity index (χ0n) is 6.43. The molecule has 56 valence electrons. The van der Waals surface area contributed by atoms with Crippen molar-refractivity contribution in [2.75, 3.05) is 0 Å². The first kappa shape index (κ1) is 7.81. The van der Waals surface area contributed by atoms with Gasteiger partial charge in [-0.05, 0) is 18.6 Å². The first-order valence-electron chi connectivity index (χ1n) is 3.91. The Labute approximate surface area is 64.0 Å². The summed E-state index contributed by atoms with van der Waals surface area (Å²) in [7, 11) is 0.880. The largest absolute Gasteiger partial charge is 0.257 e. The fourth-order valence-electron chi connectivity index (χ4n) is 0.977. The summed E-state index contributed by atoms with van der Waals surface area (Å²) in [5, 5.41) is 0. The van der Waals surface area contributed by atoms with E-state index in [1.54, 1.807) is 0 Å². The van der Waals surface area contributed by atoms with Gasteiger partial charge in [0.05, 0.1) is 5.43 Å². The Morgan fingerprint density at radius 2 is 2.40 bits per heavy atom. The van der Waals surface area contributed by atoms with E-state index in [2.05, 4.69) is 17.7 Å². The molecule has 0 aromatic carbocycles. The molecule has 0 saturated carbocycles. The zero-order chi connectivity index (χ0) is 7.23. The number of hydrogen-bond acceptors (Lipinski definition) is 1. The first-order chi connectivity index (χ1) is 4.93. The van der Waals surface area contributed by atoms with Crippen molar-refractivity contribution in [2.24, 2.45) is 0 Å². The highest BCUT2D eigenvalue weighted by atomic mass is 31.0. The molecule has 0 fully saturated rings. The Kier molecular flexibility index (Phi) is 3.53. The lowest BCUT2D eigenvalue weighted by atomic mass is 10.2. The van der Waals surface area contributed by atoms with Crippen molar-refractivity contribution < 1.29 is 0 Å². The molecule has 1 rings (SSSR count). The van der Waals surface area contributed by atoms with Crippen LogP contribution in [0.1, 0.15) is 31.6 Å². The molecule has 0 aliphatic heterocycles. The van der Waals surface area contributed by atoms with Crippen molar-refractivity contribution >= 4 is 8.19 Å². The summed E-state index contributed by atoms with van der Waals surface area (Å²) in [4.78, 5) is 4.26. The number of hydrogen-bond donors (Lipinski definition) is 0. The number of nitrogens with zero attached hydrogens (tertiary/aromatic N) is 1. The van der Waals surface area contributed by atoms with Crippen LogP contribution in [0.2, 0.25) is 0 Å². The van der Waals surface area contributed by atoms with Gasteiger partial charge in [0.15, 0.2) is 0 Å². The average molecular weight is 155 g/mol. The van der Waals surface area contributed by atoms with Crippen LogP contribution in [0.4, 0.5) is 0 Å². The second-order valence-corrected chi connectivity index (χ2v) is 3.69. The highest BCUT2D eigenvalue weighted by molar-refractivity contribution is 7.29. The van der Waals surface area contributed by atoms with E-state index in [0.29, 0.717) is 0 Å². The van der Waals surface area contributed by atoms with Crippen LogP contribution in [-0.4, -0.2) is 4.98 Å². The molecule has 0 saturated heterocycles. The minimum Gasteiger partial charge on any atom is -0.257 e. The van der Waals surface area contributed by atoms with E-state index in [9.17, 15) is 0 Å². The molecule has 0 aliphatic carbocycles. The van der Waals surface area contributed by atoms with E-state index < -0.39 is 0 Å². The summed E-state index contributed by atoms with van der Waals surface area (Å²) >= 11 is 0. The van der Waals surface area contributed by atoms with Gasteiger partial charge in [-0.2, -0.15) is 0 Å². The Balaban J connectivity index is 2.15. The smallest absolute Gasteiger partial charge is 0.0561 e. The van der Waals surface area contributed by atoms with E-state index in [-0.39, 0.29) is 0 Å². The Bertz CT molecular complexity index is 158. The molecule has 0 bridgehead atoms. The lowest BCUT2D eigenvalue weighted by Crippen LogP contribution is -1.81. The second-order valence-electron chi connectivity index (χ2n) is 2.49. The van der Waals surface area contributed by atoms with Gasteiger partial charge in [-0.25, -0.2) is 0 Å². The lowest BCUT2D eigenvalue weighted by molar-refractivity contribution is 0.715. The van der Waals surface area contributed by atoms with Crippen molar-refractivity contribution in [2.45, 2.75) is 32.6 Å². The first-order valence-corrected chi connectivity index (χ1v) is 4.99. The Hall–Kier alpha value is -0.290. The fraction of sp³-hybridized carbons (Fsp3) is 0.625. The van der Waals surface area contributed by atoms with Gasteiger partial charge < -0.3 is 0 Å². The van der Waals surface area contributed by atoms with Crippen molar-refractivity contribution in [3.63, 3.8) is 0 Å². The Morgan fingerprint density at radius 3 is 3.00 bits per heavy atom. The van der Waals surface area contributed by atoms with Gasteiger partial charge in [0.2, 0.25) is 0 Å². The third-order valence-corrected chi connectivity index (χ3v) is 2.60. The van der Waals surface area contributed by atoms with Gasteiger partial charge in [-0.3, -0.25) is 4.98 Å². The van der Waals surface area contributed by atoms with Crippen LogP contribution < -0.4 is 0 Å². The van der Waals surface area contributed by atoms with Crippen LogP contribution in [0.3, 0.4) is 0 Å². The third-order valence-electron chi connectivity index (χ3n) is 1.57. The summed E-state index contributed by atoms with van der Waals surface area (Å²) < 4.78 is 0. The van der Waals surface area contributed by atoms with Gasteiger partial charge in [0.1, 0.15) is 0 Å². The highest BCUT2D eigenvalue weighted by Gasteiger charge is 1.91. The van der Waals surface area contributed by atoms with Crippen LogP contribution >= 0.6 is 8.19 Å². The molecule has 1 aromatic heterocycles. The summed E-state index contributed by atoms with van der Waals surface area (Å²) in [5.74, 6) is 2.15. The molecule has 0 aliphatic rings. The van der Waals surface area contributed by atoms with Crippen molar-refractivity contribution in [1.82, 2.24) is 4.98 Å².